The summed E-state index contributed by atoms with van der Waals surface area (Å²) in [6.07, 6.45) is 0.131. The molecular weight excluding hydrogens is 257 g/mol. The summed E-state index contributed by atoms with van der Waals surface area (Å²) < 4.78 is 0.737. The van der Waals surface area contributed by atoms with E-state index in [0.29, 0.717) is 5.70 Å². The Morgan fingerprint density at radius 2 is 2.36 bits per heavy atom. The molecule has 62 valence electrons. The topological polar surface area (TPSA) is 49.3 Å². The van der Waals surface area contributed by atoms with Gasteiger partial charge in [-0.1, -0.05) is 6.92 Å². The summed E-state index contributed by atoms with van der Waals surface area (Å²) in [7, 11) is 0. The molecule has 2 N–H and O–H groups in total. The zero-order chi connectivity index (χ0) is 8.43. The average molecular weight is 267 g/mol. The predicted molar refractivity (Wildman–Crippen MR) is 50.4 cm³/mol. The Labute approximate surface area is 79.0 Å². The van der Waals surface area contributed by atoms with Gasteiger partial charge in [0.2, 0.25) is 5.78 Å². The van der Waals surface area contributed by atoms with Crippen LogP contribution in [0.5, 0.6) is 0 Å². The molecule has 3 nitrogen and oxygen atoms in total. The molecule has 0 fully saturated rings. The van der Waals surface area contributed by atoms with E-state index in [9.17, 15) is 4.79 Å². The summed E-state index contributed by atoms with van der Waals surface area (Å²) >= 11 is 1.98. The molecule has 0 saturated carbocycles. The maximum absolute atomic E-state index is 10.9. The SMILES string of the molecule is CCCNC1=C(I)C(O)C1=O. The minimum atomic E-state index is -0.852. The van der Waals surface area contributed by atoms with E-state index >= 15 is 0 Å². The molecular formula is C7H10INO2. The quantitative estimate of drug-likeness (QED) is 0.735. The van der Waals surface area contributed by atoms with Crippen LogP contribution in [0.1, 0.15) is 13.3 Å². The first-order valence-electron chi connectivity index (χ1n) is 3.54. The summed E-state index contributed by atoms with van der Waals surface area (Å²) in [5.74, 6) is -0.178. The minimum Gasteiger partial charge on any atom is -0.381 e. The number of hydrogen-bond acceptors (Lipinski definition) is 3. The molecule has 1 rings (SSSR count). The first-order chi connectivity index (χ1) is 5.18. The molecule has 0 saturated heterocycles. The molecule has 0 spiro atoms. The van der Waals surface area contributed by atoms with Crippen LogP contribution in [0.3, 0.4) is 0 Å². The highest BCUT2D eigenvalue weighted by molar-refractivity contribution is 14.1. The van der Waals surface area contributed by atoms with Crippen molar-refractivity contribution in [2.24, 2.45) is 0 Å². The molecule has 1 unspecified atom stereocenters. The third-order valence-electron chi connectivity index (χ3n) is 1.53. The summed E-state index contributed by atoms with van der Waals surface area (Å²) in [5, 5.41) is 12.0. The van der Waals surface area contributed by atoms with Gasteiger partial charge in [-0.3, -0.25) is 4.79 Å². The second kappa shape index (κ2) is 3.53. The van der Waals surface area contributed by atoms with E-state index in [4.69, 9.17) is 5.11 Å². The van der Waals surface area contributed by atoms with Gasteiger partial charge >= 0.3 is 0 Å². The predicted octanol–water partition coefficient (Wildman–Crippen LogP) is 0.576. The molecule has 4 heteroatoms. The zero-order valence-electron chi connectivity index (χ0n) is 6.22. The van der Waals surface area contributed by atoms with Crippen LogP contribution in [0, 0.1) is 0 Å². The highest BCUT2D eigenvalue weighted by atomic mass is 127. The average Bonchev–Trinajstić information content (AvgIpc) is 2.04. The van der Waals surface area contributed by atoms with Gasteiger partial charge in [0.05, 0.1) is 9.28 Å². The second-order valence-electron chi connectivity index (χ2n) is 2.42. The Morgan fingerprint density at radius 3 is 2.82 bits per heavy atom. The molecule has 0 aromatic rings. The Hall–Kier alpha value is -0.100. The van der Waals surface area contributed by atoms with Gasteiger partial charge in [0.25, 0.3) is 0 Å². The van der Waals surface area contributed by atoms with Crippen molar-refractivity contribution in [3.8, 4) is 0 Å². The first kappa shape index (κ1) is 8.99. The molecule has 0 heterocycles. The number of ketones is 1. The van der Waals surface area contributed by atoms with Crippen molar-refractivity contribution in [3.05, 3.63) is 9.28 Å². The Morgan fingerprint density at radius 1 is 1.73 bits per heavy atom. The normalized spacial score (nSPS) is 23.5. The van der Waals surface area contributed by atoms with Gasteiger partial charge in [0.1, 0.15) is 0 Å². The maximum atomic E-state index is 10.9. The molecule has 1 atom stereocenters. The lowest BCUT2D eigenvalue weighted by atomic mass is 10.0. The number of rotatable bonds is 3. The van der Waals surface area contributed by atoms with Crippen molar-refractivity contribution in [1.29, 1.82) is 0 Å². The van der Waals surface area contributed by atoms with E-state index in [2.05, 4.69) is 5.32 Å². The largest absolute Gasteiger partial charge is 0.381 e. The summed E-state index contributed by atoms with van der Waals surface area (Å²) in [4.78, 5) is 10.9. The van der Waals surface area contributed by atoms with Gasteiger partial charge in [-0.05, 0) is 29.0 Å². The fourth-order valence-electron chi connectivity index (χ4n) is 0.850. The molecule has 0 amide bonds. The third kappa shape index (κ3) is 1.56. The molecule has 0 aromatic carbocycles. The van der Waals surface area contributed by atoms with Crippen molar-refractivity contribution >= 4 is 28.4 Å². The second-order valence-corrected chi connectivity index (χ2v) is 3.58. The van der Waals surface area contributed by atoms with Crippen LogP contribution >= 0.6 is 22.6 Å². The number of hydrogen-bond donors (Lipinski definition) is 2. The number of carbonyl (C=O) groups excluding carboxylic acids is 1. The van der Waals surface area contributed by atoms with Crippen LogP contribution in [0.15, 0.2) is 9.28 Å². The van der Waals surface area contributed by atoms with Crippen molar-refractivity contribution in [1.82, 2.24) is 5.32 Å². The lowest BCUT2D eigenvalue weighted by molar-refractivity contribution is -0.124. The molecule has 0 aromatic heterocycles. The van der Waals surface area contributed by atoms with Crippen LogP contribution in [0.25, 0.3) is 0 Å². The van der Waals surface area contributed by atoms with Crippen LogP contribution in [0.2, 0.25) is 0 Å². The van der Waals surface area contributed by atoms with Crippen LogP contribution in [0.4, 0.5) is 0 Å². The van der Waals surface area contributed by atoms with Gasteiger partial charge in [0, 0.05) is 6.54 Å². The van der Waals surface area contributed by atoms with Crippen LogP contribution in [-0.4, -0.2) is 23.5 Å². The number of aliphatic hydroxyl groups excluding tert-OH is 1. The molecule has 11 heavy (non-hydrogen) atoms. The third-order valence-corrected chi connectivity index (χ3v) is 2.65. The van der Waals surface area contributed by atoms with E-state index in [0.717, 1.165) is 16.5 Å². The van der Waals surface area contributed by atoms with E-state index in [1.807, 2.05) is 29.5 Å². The number of carbonyl (C=O) groups is 1. The molecule has 1 aliphatic carbocycles. The number of Topliss-reactive ketones (excluding diaryl/α,β-unsaturated/α-hetero) is 1. The lowest BCUT2D eigenvalue weighted by Gasteiger charge is -2.24. The highest BCUT2D eigenvalue weighted by Gasteiger charge is 2.35. The van der Waals surface area contributed by atoms with Crippen molar-refractivity contribution < 1.29 is 9.90 Å². The van der Waals surface area contributed by atoms with Crippen LogP contribution < -0.4 is 5.32 Å². The van der Waals surface area contributed by atoms with E-state index in [1.54, 1.807) is 0 Å². The molecule has 1 aliphatic rings. The van der Waals surface area contributed by atoms with Gasteiger partial charge in [-0.2, -0.15) is 0 Å². The molecule has 0 aliphatic heterocycles. The fraction of sp³-hybridized carbons (Fsp3) is 0.571. The summed E-state index contributed by atoms with van der Waals surface area (Å²) in [6, 6.07) is 0. The van der Waals surface area contributed by atoms with Crippen molar-refractivity contribution in [3.63, 3.8) is 0 Å². The lowest BCUT2D eigenvalue weighted by Crippen LogP contribution is -2.40. The van der Waals surface area contributed by atoms with Gasteiger partial charge in [-0.15, -0.1) is 0 Å². The highest BCUT2D eigenvalue weighted by Crippen LogP contribution is 2.28. The minimum absolute atomic E-state index is 0.178. The van der Waals surface area contributed by atoms with Gasteiger partial charge in [-0.25, -0.2) is 0 Å². The maximum Gasteiger partial charge on any atom is 0.212 e. The first-order valence-corrected chi connectivity index (χ1v) is 4.62. The molecule has 0 radical (unpaired) electrons. The summed E-state index contributed by atoms with van der Waals surface area (Å²) in [6.45, 7) is 2.82. The standard InChI is InChI=1S/C7H10INO2/c1-2-3-9-5-4(8)6(10)7(5)11/h6,9-10H,2-3H2,1H3. The van der Waals surface area contributed by atoms with Crippen molar-refractivity contribution in [2.75, 3.05) is 6.54 Å². The van der Waals surface area contributed by atoms with E-state index in [-0.39, 0.29) is 5.78 Å². The molecule has 0 bridgehead atoms. The van der Waals surface area contributed by atoms with E-state index in [1.165, 1.54) is 0 Å². The van der Waals surface area contributed by atoms with Crippen LogP contribution in [-0.2, 0) is 4.79 Å². The number of nitrogens with one attached hydrogen (secondary N) is 1. The fourth-order valence-corrected chi connectivity index (χ4v) is 1.59. The number of aliphatic hydroxyl groups is 1. The zero-order valence-corrected chi connectivity index (χ0v) is 8.38. The van der Waals surface area contributed by atoms with Gasteiger partial charge < -0.3 is 10.4 Å². The Kier molecular flexibility index (Phi) is 2.89. The van der Waals surface area contributed by atoms with Crippen molar-refractivity contribution in [2.45, 2.75) is 19.4 Å². The number of halogens is 1. The smallest absolute Gasteiger partial charge is 0.212 e. The Bertz CT molecular complexity index is 212. The monoisotopic (exact) mass is 267 g/mol. The van der Waals surface area contributed by atoms with Gasteiger partial charge in [0.15, 0.2) is 6.10 Å². The van der Waals surface area contributed by atoms with E-state index < -0.39 is 6.10 Å². The summed E-state index contributed by atoms with van der Waals surface area (Å²) in [5.41, 5.74) is 0.597. The Balaban J connectivity index is 2.53.